The zero-order valence-corrected chi connectivity index (χ0v) is 13.7. The van der Waals surface area contributed by atoms with Gasteiger partial charge in [0.2, 0.25) is 11.7 Å². The largest absolute Gasteiger partial charge is 0.503 e. The highest BCUT2D eigenvalue weighted by Gasteiger charge is 2.47. The number of Topliss-reactive ketones (excluding diaryl/α,β-unsaturated/α-hetero) is 1. The number of carbonyl (C=O) groups is 2. The first-order chi connectivity index (χ1) is 13.1. The van der Waals surface area contributed by atoms with Crippen LogP contribution in [0.5, 0.6) is 0 Å². The minimum atomic E-state index is -1.24. The number of hydrogen-bond donors (Lipinski definition) is 1. The van der Waals surface area contributed by atoms with Crippen LogP contribution in [0, 0.1) is 5.82 Å². The smallest absolute Gasteiger partial charge is 0.296 e. The first kappa shape index (κ1) is 16.6. The molecule has 1 atom stereocenters. The highest BCUT2D eigenvalue weighted by atomic mass is 19.1. The van der Waals surface area contributed by atoms with Gasteiger partial charge in [0.25, 0.3) is 5.91 Å². The lowest BCUT2D eigenvalue weighted by Gasteiger charge is -2.24. The third-order valence-electron chi connectivity index (χ3n) is 4.17. The van der Waals surface area contributed by atoms with Crippen LogP contribution >= 0.6 is 0 Å². The number of anilines is 1. The van der Waals surface area contributed by atoms with Crippen LogP contribution in [0.25, 0.3) is 0 Å². The van der Waals surface area contributed by atoms with Gasteiger partial charge in [-0.3, -0.25) is 14.5 Å². The molecule has 3 heterocycles. The van der Waals surface area contributed by atoms with Gasteiger partial charge in [0.05, 0.1) is 11.8 Å². The second-order valence-electron chi connectivity index (χ2n) is 5.72. The van der Waals surface area contributed by atoms with Crippen molar-refractivity contribution in [2.45, 2.75) is 6.04 Å². The lowest BCUT2D eigenvalue weighted by molar-refractivity contribution is -0.117. The van der Waals surface area contributed by atoms with E-state index in [4.69, 9.17) is 4.42 Å². The number of ketones is 1. The van der Waals surface area contributed by atoms with Crippen molar-refractivity contribution in [3.63, 3.8) is 0 Å². The van der Waals surface area contributed by atoms with E-state index in [1.807, 2.05) is 0 Å². The van der Waals surface area contributed by atoms with Crippen LogP contribution in [0.3, 0.4) is 0 Å². The number of rotatable bonds is 4. The number of carbonyl (C=O) groups excluding carboxylic acids is 2. The van der Waals surface area contributed by atoms with Crippen molar-refractivity contribution in [1.82, 2.24) is 9.97 Å². The zero-order valence-electron chi connectivity index (χ0n) is 13.7. The molecule has 1 amide bonds. The Morgan fingerprint density at radius 1 is 1.11 bits per heavy atom. The predicted octanol–water partition coefficient (Wildman–Crippen LogP) is 2.99. The fourth-order valence-corrected chi connectivity index (χ4v) is 2.99. The van der Waals surface area contributed by atoms with Gasteiger partial charge < -0.3 is 9.52 Å². The van der Waals surface area contributed by atoms with E-state index >= 15 is 0 Å². The summed E-state index contributed by atoms with van der Waals surface area (Å²) in [5.74, 6) is -3.21. The molecule has 0 unspecified atom stereocenters. The van der Waals surface area contributed by atoms with Crippen molar-refractivity contribution >= 4 is 17.6 Å². The fraction of sp³-hybridized carbons (Fsp3) is 0.0526. The minimum absolute atomic E-state index is 0.0252. The Kier molecular flexibility index (Phi) is 4.00. The van der Waals surface area contributed by atoms with Crippen LogP contribution in [0.15, 0.2) is 76.9 Å². The number of amides is 1. The third kappa shape index (κ3) is 2.67. The number of aliphatic hydroxyl groups is 1. The molecule has 2 aromatic heterocycles. The topological polar surface area (TPSA) is 96.5 Å². The molecule has 8 heteroatoms. The summed E-state index contributed by atoms with van der Waals surface area (Å²) < 4.78 is 19.6. The number of furan rings is 1. The number of hydrogen-bond acceptors (Lipinski definition) is 6. The van der Waals surface area contributed by atoms with E-state index in [1.165, 1.54) is 49.0 Å². The predicted molar refractivity (Wildman–Crippen MR) is 91.4 cm³/mol. The number of aromatic nitrogens is 2. The number of benzene rings is 1. The molecule has 1 aliphatic heterocycles. The third-order valence-corrected chi connectivity index (χ3v) is 4.17. The first-order valence-corrected chi connectivity index (χ1v) is 7.96. The molecule has 0 spiro atoms. The normalized spacial score (nSPS) is 16.9. The van der Waals surface area contributed by atoms with Crippen molar-refractivity contribution < 1.29 is 23.5 Å². The summed E-state index contributed by atoms with van der Waals surface area (Å²) in [7, 11) is 0. The molecule has 1 aromatic carbocycles. The van der Waals surface area contributed by atoms with Crippen LogP contribution in [0.4, 0.5) is 10.3 Å². The van der Waals surface area contributed by atoms with Crippen molar-refractivity contribution in [3.8, 4) is 0 Å². The molecule has 3 aromatic rings. The molecular formula is C19H12FN3O4. The standard InChI is InChI=1S/C19H12FN3O4/c20-12-6-2-1-5-11(12)15-14(16(24)13-7-3-10-27-13)17(25)18(26)23(15)19-21-8-4-9-22-19/h1-10,15,25H/t15-/m1/s1. The molecule has 0 radical (unpaired) electrons. The van der Waals surface area contributed by atoms with Crippen molar-refractivity contribution in [2.24, 2.45) is 0 Å². The summed E-state index contributed by atoms with van der Waals surface area (Å²) in [5, 5.41) is 10.4. The van der Waals surface area contributed by atoms with E-state index in [0.717, 1.165) is 4.90 Å². The second kappa shape index (κ2) is 6.49. The average Bonchev–Trinajstić information content (AvgIpc) is 3.30. The van der Waals surface area contributed by atoms with Crippen LogP contribution in [0.2, 0.25) is 0 Å². The van der Waals surface area contributed by atoms with E-state index in [9.17, 15) is 19.1 Å². The maximum atomic E-state index is 14.5. The molecule has 0 fully saturated rings. The maximum Gasteiger partial charge on any atom is 0.296 e. The number of halogens is 1. The average molecular weight is 365 g/mol. The Morgan fingerprint density at radius 3 is 2.52 bits per heavy atom. The van der Waals surface area contributed by atoms with Gasteiger partial charge in [-0.1, -0.05) is 18.2 Å². The molecular weight excluding hydrogens is 353 g/mol. The highest BCUT2D eigenvalue weighted by Crippen LogP contribution is 2.41. The Balaban J connectivity index is 1.92. The molecule has 0 saturated heterocycles. The Bertz CT molecular complexity index is 1050. The lowest BCUT2D eigenvalue weighted by Crippen LogP contribution is -2.33. The van der Waals surface area contributed by atoms with E-state index in [0.29, 0.717) is 0 Å². The summed E-state index contributed by atoms with van der Waals surface area (Å²) in [4.78, 5) is 34.6. The lowest BCUT2D eigenvalue weighted by atomic mass is 9.95. The van der Waals surface area contributed by atoms with E-state index < -0.39 is 29.3 Å². The number of nitrogens with zero attached hydrogens (tertiary/aromatic N) is 3. The van der Waals surface area contributed by atoms with Gasteiger partial charge in [-0.25, -0.2) is 14.4 Å². The molecule has 134 valence electrons. The zero-order chi connectivity index (χ0) is 19.0. The van der Waals surface area contributed by atoms with Crippen molar-refractivity contribution in [1.29, 1.82) is 0 Å². The van der Waals surface area contributed by atoms with Crippen LogP contribution < -0.4 is 4.90 Å². The van der Waals surface area contributed by atoms with Crippen LogP contribution in [-0.4, -0.2) is 26.8 Å². The van der Waals surface area contributed by atoms with Gasteiger partial charge >= 0.3 is 0 Å². The molecule has 0 aliphatic carbocycles. The summed E-state index contributed by atoms with van der Waals surface area (Å²) >= 11 is 0. The van der Waals surface area contributed by atoms with Crippen molar-refractivity contribution in [2.75, 3.05) is 4.90 Å². The van der Waals surface area contributed by atoms with Gasteiger partial charge in [0, 0.05) is 18.0 Å². The molecule has 1 N–H and O–H groups in total. The number of aliphatic hydroxyl groups excluding tert-OH is 1. The van der Waals surface area contributed by atoms with Gasteiger partial charge in [-0.15, -0.1) is 0 Å². The molecule has 1 aliphatic rings. The molecule has 0 saturated carbocycles. The van der Waals surface area contributed by atoms with Gasteiger partial charge in [0.15, 0.2) is 11.5 Å². The second-order valence-corrected chi connectivity index (χ2v) is 5.72. The molecule has 4 rings (SSSR count). The SMILES string of the molecule is O=C(C1=C(O)C(=O)N(c2ncccn2)[C@@H]1c1ccccc1F)c1ccco1. The summed E-state index contributed by atoms with van der Waals surface area (Å²) in [6.07, 6.45) is 4.09. The first-order valence-electron chi connectivity index (χ1n) is 7.96. The highest BCUT2D eigenvalue weighted by molar-refractivity contribution is 6.19. The minimum Gasteiger partial charge on any atom is -0.503 e. The quantitative estimate of drug-likeness (QED) is 0.714. The van der Waals surface area contributed by atoms with Crippen LogP contribution in [0.1, 0.15) is 22.2 Å². The van der Waals surface area contributed by atoms with Crippen molar-refractivity contribution in [3.05, 3.63) is 89.6 Å². The van der Waals surface area contributed by atoms with Gasteiger partial charge in [-0.2, -0.15) is 0 Å². The Morgan fingerprint density at radius 2 is 1.85 bits per heavy atom. The van der Waals surface area contributed by atoms with E-state index in [1.54, 1.807) is 12.1 Å². The van der Waals surface area contributed by atoms with E-state index in [2.05, 4.69) is 9.97 Å². The fourth-order valence-electron chi connectivity index (χ4n) is 2.99. The summed E-state index contributed by atoms with van der Waals surface area (Å²) in [6.45, 7) is 0. The van der Waals surface area contributed by atoms with E-state index in [-0.39, 0.29) is 22.8 Å². The monoisotopic (exact) mass is 365 g/mol. The Labute approximate surface area is 152 Å². The summed E-state index contributed by atoms with van der Waals surface area (Å²) in [5.41, 5.74) is -0.273. The maximum absolute atomic E-state index is 14.5. The van der Waals surface area contributed by atoms with Gasteiger partial charge in [-0.05, 0) is 24.3 Å². The molecule has 0 bridgehead atoms. The van der Waals surface area contributed by atoms with Gasteiger partial charge in [0.1, 0.15) is 11.9 Å². The molecule has 27 heavy (non-hydrogen) atoms. The molecule has 7 nitrogen and oxygen atoms in total. The Hall–Kier alpha value is -3.81. The van der Waals surface area contributed by atoms with Crippen LogP contribution in [-0.2, 0) is 4.79 Å². The summed E-state index contributed by atoms with van der Waals surface area (Å²) in [6, 6.07) is 8.88.